The Kier molecular flexibility index (Phi) is 5.29. The molecule has 5 nitrogen and oxygen atoms in total. The lowest BCUT2D eigenvalue weighted by atomic mass is 9.89. The van der Waals surface area contributed by atoms with Crippen LogP contribution in [0, 0.1) is 18.6 Å². The Balaban J connectivity index is 1.53. The van der Waals surface area contributed by atoms with Crippen molar-refractivity contribution >= 4 is 5.91 Å². The van der Waals surface area contributed by atoms with Gasteiger partial charge in [-0.25, -0.2) is 18.7 Å². The van der Waals surface area contributed by atoms with Crippen molar-refractivity contribution < 1.29 is 13.6 Å². The molecule has 0 atom stereocenters. The number of halogens is 2. The van der Waals surface area contributed by atoms with Gasteiger partial charge < -0.3 is 4.90 Å². The van der Waals surface area contributed by atoms with E-state index in [9.17, 15) is 13.6 Å². The smallest absolute Gasteiger partial charge is 0.256 e. The molecule has 0 unspecified atom stereocenters. The minimum Gasteiger partial charge on any atom is -0.339 e. The molecule has 4 rings (SSSR count). The number of hydrogen-bond donors (Lipinski definition) is 0. The summed E-state index contributed by atoms with van der Waals surface area (Å²) in [5.74, 6) is -1.06. The molecule has 0 N–H and O–H groups in total. The first-order valence-corrected chi connectivity index (χ1v) is 9.51. The number of pyridine rings is 1. The molecule has 0 aliphatic carbocycles. The van der Waals surface area contributed by atoms with Crippen LogP contribution in [0.4, 0.5) is 8.78 Å². The van der Waals surface area contributed by atoms with Crippen LogP contribution < -0.4 is 0 Å². The lowest BCUT2D eigenvalue weighted by Gasteiger charge is -2.32. The zero-order chi connectivity index (χ0) is 20.4. The fourth-order valence-electron chi connectivity index (χ4n) is 3.74. The van der Waals surface area contributed by atoms with Gasteiger partial charge in [-0.05, 0) is 49.6 Å². The third-order valence-electron chi connectivity index (χ3n) is 5.26. The largest absolute Gasteiger partial charge is 0.339 e. The van der Waals surface area contributed by atoms with Crippen molar-refractivity contribution in [3.8, 4) is 11.1 Å². The Morgan fingerprint density at radius 1 is 1.10 bits per heavy atom. The predicted octanol–water partition coefficient (Wildman–Crippen LogP) is 4.15. The average molecular weight is 394 g/mol. The van der Waals surface area contributed by atoms with Crippen LogP contribution in [-0.4, -0.2) is 38.8 Å². The van der Waals surface area contributed by atoms with E-state index in [4.69, 9.17) is 0 Å². The van der Waals surface area contributed by atoms with Crippen molar-refractivity contribution in [3.63, 3.8) is 0 Å². The minimum atomic E-state index is -0.830. The van der Waals surface area contributed by atoms with E-state index in [1.807, 2.05) is 25.3 Å². The van der Waals surface area contributed by atoms with Gasteiger partial charge in [0.1, 0.15) is 17.5 Å². The first-order valence-electron chi connectivity index (χ1n) is 9.51. The monoisotopic (exact) mass is 394 g/mol. The van der Waals surface area contributed by atoms with Gasteiger partial charge in [0.25, 0.3) is 5.91 Å². The van der Waals surface area contributed by atoms with Crippen LogP contribution in [0.2, 0.25) is 0 Å². The molecule has 0 bridgehead atoms. The number of carbonyl (C=O) groups is 1. The van der Waals surface area contributed by atoms with Crippen molar-refractivity contribution in [2.24, 2.45) is 0 Å². The second-order valence-electron chi connectivity index (χ2n) is 7.14. The molecule has 1 aliphatic heterocycles. The van der Waals surface area contributed by atoms with Gasteiger partial charge in [-0.15, -0.1) is 0 Å². The van der Waals surface area contributed by atoms with Crippen LogP contribution in [0.15, 0.2) is 48.9 Å². The Morgan fingerprint density at radius 2 is 1.83 bits per heavy atom. The number of likely N-dealkylation sites (tertiary alicyclic amines) is 1. The molecule has 3 heterocycles. The highest BCUT2D eigenvalue weighted by Gasteiger charge is 2.28. The highest BCUT2D eigenvalue weighted by molar-refractivity contribution is 5.94. The number of piperidine rings is 1. The quantitative estimate of drug-likeness (QED) is 0.670. The van der Waals surface area contributed by atoms with Crippen LogP contribution in [0.5, 0.6) is 0 Å². The molecular weight excluding hydrogens is 374 g/mol. The van der Waals surface area contributed by atoms with Crippen LogP contribution in [0.25, 0.3) is 11.1 Å². The Labute approximate surface area is 167 Å². The molecule has 148 valence electrons. The zero-order valence-electron chi connectivity index (χ0n) is 16.0. The minimum absolute atomic E-state index is 0.0970. The van der Waals surface area contributed by atoms with Gasteiger partial charge in [0.2, 0.25) is 0 Å². The molecule has 1 aromatic carbocycles. The number of hydrogen-bond acceptors (Lipinski definition) is 4. The molecule has 1 amide bonds. The third kappa shape index (κ3) is 3.99. The average Bonchev–Trinajstić information content (AvgIpc) is 2.74. The van der Waals surface area contributed by atoms with E-state index >= 15 is 0 Å². The molecule has 0 saturated carbocycles. The number of amides is 1. The lowest BCUT2D eigenvalue weighted by Crippen LogP contribution is -2.38. The summed E-state index contributed by atoms with van der Waals surface area (Å²) >= 11 is 0. The van der Waals surface area contributed by atoms with Crippen molar-refractivity contribution in [2.45, 2.75) is 25.7 Å². The molecule has 0 radical (unpaired) electrons. The molecular formula is C22H20F2N4O. The lowest BCUT2D eigenvalue weighted by molar-refractivity contribution is 0.0707. The van der Waals surface area contributed by atoms with Crippen LogP contribution in [0.3, 0.4) is 0 Å². The van der Waals surface area contributed by atoms with E-state index in [-0.39, 0.29) is 11.5 Å². The van der Waals surface area contributed by atoms with Crippen molar-refractivity contribution in [2.75, 3.05) is 13.1 Å². The molecule has 2 aromatic heterocycles. The van der Waals surface area contributed by atoms with E-state index in [0.29, 0.717) is 31.8 Å². The van der Waals surface area contributed by atoms with Gasteiger partial charge in [0.05, 0.1) is 11.3 Å². The summed E-state index contributed by atoms with van der Waals surface area (Å²) in [6.45, 7) is 2.83. The maximum absolute atomic E-state index is 14.0. The summed E-state index contributed by atoms with van der Waals surface area (Å²) < 4.78 is 27.1. The summed E-state index contributed by atoms with van der Waals surface area (Å²) in [5, 5.41) is 0. The third-order valence-corrected chi connectivity index (χ3v) is 5.26. The van der Waals surface area contributed by atoms with Gasteiger partial charge >= 0.3 is 0 Å². The number of carbonyl (C=O) groups excluding carboxylic acids is 1. The molecule has 0 spiro atoms. The molecule has 7 heteroatoms. The molecule has 1 fully saturated rings. The highest BCUT2D eigenvalue weighted by atomic mass is 19.1. The van der Waals surface area contributed by atoms with Gasteiger partial charge in [0, 0.05) is 49.2 Å². The molecule has 29 heavy (non-hydrogen) atoms. The van der Waals surface area contributed by atoms with Crippen molar-refractivity contribution in [1.29, 1.82) is 0 Å². The SMILES string of the molecule is Cc1ncc(-c2ccncc2)c(C2CCN(C(=O)c3ccc(F)cc3F)CC2)n1. The zero-order valence-corrected chi connectivity index (χ0v) is 16.0. The van der Waals surface area contributed by atoms with E-state index < -0.39 is 17.5 Å². The Bertz CT molecular complexity index is 1030. The van der Waals surface area contributed by atoms with E-state index in [2.05, 4.69) is 15.0 Å². The predicted molar refractivity (Wildman–Crippen MR) is 104 cm³/mol. The Hall–Kier alpha value is -3.22. The maximum Gasteiger partial charge on any atom is 0.256 e. The van der Waals surface area contributed by atoms with Crippen LogP contribution in [0.1, 0.15) is 40.6 Å². The number of rotatable bonds is 3. The molecule has 1 aliphatic rings. The van der Waals surface area contributed by atoms with E-state index in [0.717, 1.165) is 29.0 Å². The second-order valence-corrected chi connectivity index (χ2v) is 7.14. The number of aromatic nitrogens is 3. The maximum atomic E-state index is 14.0. The highest BCUT2D eigenvalue weighted by Crippen LogP contribution is 2.34. The number of nitrogens with zero attached hydrogens (tertiary/aromatic N) is 4. The first kappa shape index (κ1) is 19.1. The second kappa shape index (κ2) is 8.03. The Morgan fingerprint density at radius 3 is 2.52 bits per heavy atom. The van der Waals surface area contributed by atoms with E-state index in [1.54, 1.807) is 17.3 Å². The normalized spacial score (nSPS) is 14.8. The number of benzene rings is 1. The summed E-state index contributed by atoms with van der Waals surface area (Å²) in [4.78, 5) is 27.4. The van der Waals surface area contributed by atoms with Crippen molar-refractivity contribution in [1.82, 2.24) is 19.9 Å². The van der Waals surface area contributed by atoms with Crippen LogP contribution in [-0.2, 0) is 0 Å². The summed E-state index contributed by atoms with van der Waals surface area (Å²) in [6.07, 6.45) is 6.72. The number of aryl methyl sites for hydroxylation is 1. The van der Waals surface area contributed by atoms with Gasteiger partial charge in [-0.1, -0.05) is 0 Å². The standard InChI is InChI=1S/C22H20F2N4O/c1-14-26-13-19(15-4-8-25-9-5-15)21(27-14)16-6-10-28(11-7-16)22(29)18-3-2-17(23)12-20(18)24/h2-5,8-9,12-13,16H,6-7,10-11H2,1H3. The summed E-state index contributed by atoms with van der Waals surface area (Å²) in [7, 11) is 0. The van der Waals surface area contributed by atoms with Crippen LogP contribution >= 0.6 is 0 Å². The molecule has 1 saturated heterocycles. The van der Waals surface area contributed by atoms with Gasteiger partial charge in [-0.2, -0.15) is 0 Å². The summed E-state index contributed by atoms with van der Waals surface area (Å²) in [6, 6.07) is 6.90. The summed E-state index contributed by atoms with van der Waals surface area (Å²) in [5.41, 5.74) is 2.83. The first-order chi connectivity index (χ1) is 14.0. The van der Waals surface area contributed by atoms with Crippen molar-refractivity contribution in [3.05, 3.63) is 77.6 Å². The van der Waals surface area contributed by atoms with Gasteiger partial charge in [-0.3, -0.25) is 9.78 Å². The van der Waals surface area contributed by atoms with E-state index in [1.165, 1.54) is 6.07 Å². The topological polar surface area (TPSA) is 59.0 Å². The van der Waals surface area contributed by atoms with Gasteiger partial charge in [0.15, 0.2) is 0 Å². The molecule has 3 aromatic rings. The fraction of sp³-hybridized carbons (Fsp3) is 0.273. The fourth-order valence-corrected chi connectivity index (χ4v) is 3.74.